The summed E-state index contributed by atoms with van der Waals surface area (Å²) in [4.78, 5) is 0. The highest BCUT2D eigenvalue weighted by atomic mass is 15.3. The molecule has 0 aliphatic rings. The molecule has 1 aromatic carbocycles. The van der Waals surface area contributed by atoms with E-state index in [1.807, 2.05) is 66.5 Å². The number of rotatable bonds is 2. The molecule has 0 unspecified atom stereocenters. The van der Waals surface area contributed by atoms with E-state index in [1.165, 1.54) is 0 Å². The van der Waals surface area contributed by atoms with Crippen LogP contribution in [0.4, 0.5) is 0 Å². The van der Waals surface area contributed by atoms with Crippen LogP contribution < -0.4 is 0 Å². The minimum atomic E-state index is 1.09. The van der Waals surface area contributed by atoms with Crippen molar-refractivity contribution in [3.8, 4) is 5.69 Å². The van der Waals surface area contributed by atoms with Crippen molar-refractivity contribution in [3.63, 3.8) is 0 Å². The summed E-state index contributed by atoms with van der Waals surface area (Å²) in [6.45, 7) is 2.00. The standard InChI is InChI=1S/C12H12N2/c1-2-6-11-9-13-14(10-11)12-7-4-3-5-8-12/h2-10H,1H3/b6-2+. The van der Waals surface area contributed by atoms with E-state index >= 15 is 0 Å². The summed E-state index contributed by atoms with van der Waals surface area (Å²) in [7, 11) is 0. The molecule has 0 aliphatic carbocycles. The average Bonchev–Trinajstić information content (AvgIpc) is 2.68. The number of allylic oxidation sites excluding steroid dienone is 1. The van der Waals surface area contributed by atoms with Gasteiger partial charge < -0.3 is 0 Å². The predicted octanol–water partition coefficient (Wildman–Crippen LogP) is 2.91. The van der Waals surface area contributed by atoms with Crippen molar-refractivity contribution >= 4 is 6.08 Å². The van der Waals surface area contributed by atoms with Crippen molar-refractivity contribution in [2.24, 2.45) is 0 Å². The predicted molar refractivity (Wildman–Crippen MR) is 58.3 cm³/mol. The number of hydrogen-bond acceptors (Lipinski definition) is 1. The van der Waals surface area contributed by atoms with Gasteiger partial charge in [-0.3, -0.25) is 0 Å². The molecule has 2 nitrogen and oxygen atoms in total. The van der Waals surface area contributed by atoms with Gasteiger partial charge >= 0.3 is 0 Å². The first-order chi connectivity index (χ1) is 6.90. The quantitative estimate of drug-likeness (QED) is 0.701. The van der Waals surface area contributed by atoms with Crippen LogP contribution in [0.25, 0.3) is 11.8 Å². The van der Waals surface area contributed by atoms with E-state index in [0.717, 1.165) is 11.3 Å². The van der Waals surface area contributed by atoms with E-state index in [1.54, 1.807) is 0 Å². The summed E-state index contributed by atoms with van der Waals surface area (Å²) in [5.74, 6) is 0. The normalized spacial score (nSPS) is 10.9. The molecular formula is C12H12N2. The smallest absolute Gasteiger partial charge is 0.0645 e. The fourth-order valence-electron chi connectivity index (χ4n) is 1.34. The van der Waals surface area contributed by atoms with E-state index in [9.17, 15) is 0 Å². The molecule has 0 atom stereocenters. The highest BCUT2D eigenvalue weighted by Crippen LogP contribution is 2.08. The van der Waals surface area contributed by atoms with Crippen LogP contribution in [0, 0.1) is 0 Å². The first-order valence-corrected chi connectivity index (χ1v) is 4.63. The maximum atomic E-state index is 4.27. The van der Waals surface area contributed by atoms with Crippen molar-refractivity contribution in [2.75, 3.05) is 0 Å². The van der Waals surface area contributed by atoms with Gasteiger partial charge in [-0.1, -0.05) is 30.4 Å². The molecule has 0 amide bonds. The Hall–Kier alpha value is -1.83. The average molecular weight is 184 g/mol. The Morgan fingerprint density at radius 3 is 2.71 bits per heavy atom. The number of aromatic nitrogens is 2. The Balaban J connectivity index is 2.34. The number of nitrogens with zero attached hydrogens (tertiary/aromatic N) is 2. The van der Waals surface area contributed by atoms with Gasteiger partial charge in [0, 0.05) is 11.8 Å². The van der Waals surface area contributed by atoms with Crippen LogP contribution in [0.15, 0.2) is 48.8 Å². The summed E-state index contributed by atoms with van der Waals surface area (Å²) in [6, 6.07) is 10.1. The SMILES string of the molecule is C/C=C/c1cnn(-c2ccccc2)c1. The van der Waals surface area contributed by atoms with Gasteiger partial charge in [-0.05, 0) is 19.1 Å². The molecule has 0 saturated heterocycles. The monoisotopic (exact) mass is 184 g/mol. The van der Waals surface area contributed by atoms with Crippen LogP contribution in [0.5, 0.6) is 0 Å². The third-order valence-corrected chi connectivity index (χ3v) is 1.98. The van der Waals surface area contributed by atoms with Crippen molar-refractivity contribution in [2.45, 2.75) is 6.92 Å². The van der Waals surface area contributed by atoms with Gasteiger partial charge in [-0.2, -0.15) is 5.10 Å². The molecule has 0 saturated carbocycles. The first-order valence-electron chi connectivity index (χ1n) is 4.63. The van der Waals surface area contributed by atoms with E-state index in [-0.39, 0.29) is 0 Å². The van der Waals surface area contributed by atoms with E-state index in [0.29, 0.717) is 0 Å². The zero-order valence-electron chi connectivity index (χ0n) is 8.09. The second-order valence-electron chi connectivity index (χ2n) is 3.05. The molecule has 14 heavy (non-hydrogen) atoms. The summed E-state index contributed by atoms with van der Waals surface area (Å²) in [5, 5.41) is 4.27. The molecule has 2 heteroatoms. The summed E-state index contributed by atoms with van der Waals surface area (Å²) >= 11 is 0. The third kappa shape index (κ3) is 1.74. The molecule has 2 aromatic rings. The van der Waals surface area contributed by atoms with E-state index in [4.69, 9.17) is 0 Å². The van der Waals surface area contributed by atoms with Crippen molar-refractivity contribution in [3.05, 3.63) is 54.4 Å². The Kier molecular flexibility index (Phi) is 2.45. The van der Waals surface area contributed by atoms with Crippen molar-refractivity contribution < 1.29 is 0 Å². The van der Waals surface area contributed by atoms with Gasteiger partial charge in [0.25, 0.3) is 0 Å². The van der Waals surface area contributed by atoms with Gasteiger partial charge in [0.05, 0.1) is 11.9 Å². The molecular weight excluding hydrogens is 172 g/mol. The van der Waals surface area contributed by atoms with Gasteiger partial charge in [-0.25, -0.2) is 4.68 Å². The maximum Gasteiger partial charge on any atom is 0.0645 e. The molecule has 2 rings (SSSR count). The molecule has 0 fully saturated rings. The number of hydrogen-bond donors (Lipinski definition) is 0. The largest absolute Gasteiger partial charge is 0.240 e. The minimum absolute atomic E-state index is 1.09. The van der Waals surface area contributed by atoms with Gasteiger partial charge in [0.15, 0.2) is 0 Å². The summed E-state index contributed by atoms with van der Waals surface area (Å²) in [6.07, 6.45) is 7.90. The summed E-state index contributed by atoms with van der Waals surface area (Å²) in [5.41, 5.74) is 2.21. The number of benzene rings is 1. The topological polar surface area (TPSA) is 17.8 Å². The molecule has 0 N–H and O–H groups in total. The zero-order chi connectivity index (χ0) is 9.80. The van der Waals surface area contributed by atoms with Crippen molar-refractivity contribution in [1.82, 2.24) is 9.78 Å². The molecule has 0 radical (unpaired) electrons. The van der Waals surface area contributed by atoms with Gasteiger partial charge in [-0.15, -0.1) is 0 Å². The maximum absolute atomic E-state index is 4.27. The van der Waals surface area contributed by atoms with Gasteiger partial charge in [0.2, 0.25) is 0 Å². The molecule has 70 valence electrons. The molecule has 0 spiro atoms. The highest BCUT2D eigenvalue weighted by molar-refractivity contribution is 5.47. The lowest BCUT2D eigenvalue weighted by Gasteiger charge is -1.98. The molecule has 1 aromatic heterocycles. The van der Waals surface area contributed by atoms with Crippen LogP contribution in [0.2, 0.25) is 0 Å². The lowest BCUT2D eigenvalue weighted by Crippen LogP contribution is -1.92. The Labute approximate surface area is 83.5 Å². The number of para-hydroxylation sites is 1. The Morgan fingerprint density at radius 2 is 2.00 bits per heavy atom. The second kappa shape index (κ2) is 3.92. The molecule has 0 bridgehead atoms. The van der Waals surface area contributed by atoms with Gasteiger partial charge in [0.1, 0.15) is 0 Å². The van der Waals surface area contributed by atoms with Crippen LogP contribution >= 0.6 is 0 Å². The molecule has 1 heterocycles. The minimum Gasteiger partial charge on any atom is -0.240 e. The second-order valence-corrected chi connectivity index (χ2v) is 3.05. The molecule has 0 aliphatic heterocycles. The Bertz CT molecular complexity index is 427. The van der Waals surface area contributed by atoms with Crippen LogP contribution in [-0.4, -0.2) is 9.78 Å². The van der Waals surface area contributed by atoms with Crippen LogP contribution in [0.1, 0.15) is 12.5 Å². The van der Waals surface area contributed by atoms with Crippen LogP contribution in [0.3, 0.4) is 0 Å². The van der Waals surface area contributed by atoms with E-state index in [2.05, 4.69) is 5.10 Å². The fraction of sp³-hybridized carbons (Fsp3) is 0.0833. The third-order valence-electron chi connectivity index (χ3n) is 1.98. The highest BCUT2D eigenvalue weighted by Gasteiger charge is 1.96. The van der Waals surface area contributed by atoms with Crippen LogP contribution in [-0.2, 0) is 0 Å². The first kappa shape index (κ1) is 8.75. The zero-order valence-corrected chi connectivity index (χ0v) is 8.09. The van der Waals surface area contributed by atoms with Crippen molar-refractivity contribution in [1.29, 1.82) is 0 Å². The lowest BCUT2D eigenvalue weighted by atomic mass is 10.3. The van der Waals surface area contributed by atoms with E-state index < -0.39 is 0 Å². The summed E-state index contributed by atoms with van der Waals surface area (Å²) < 4.78 is 1.87. The Morgan fingerprint density at radius 1 is 1.21 bits per heavy atom. The lowest BCUT2D eigenvalue weighted by molar-refractivity contribution is 0.880. The fourth-order valence-corrected chi connectivity index (χ4v) is 1.34.